The highest BCUT2D eigenvalue weighted by atomic mass is 16.7. The number of esters is 1. The molecule has 0 N–H and O–H groups in total. The van der Waals surface area contributed by atoms with Crippen molar-refractivity contribution in [2.45, 2.75) is 78.4 Å². The summed E-state index contributed by atoms with van der Waals surface area (Å²) in [7, 11) is 0. The van der Waals surface area contributed by atoms with E-state index in [1.807, 2.05) is 6.92 Å². The maximum atomic E-state index is 11.7. The molecule has 4 atom stereocenters. The first-order chi connectivity index (χ1) is 11.4. The summed E-state index contributed by atoms with van der Waals surface area (Å²) in [5, 5.41) is 0. The van der Waals surface area contributed by atoms with Gasteiger partial charge in [-0.15, -0.1) is 0 Å². The summed E-state index contributed by atoms with van der Waals surface area (Å²) < 4.78 is 17.6. The molecule has 0 aromatic rings. The highest BCUT2D eigenvalue weighted by molar-refractivity contribution is 5.69. The molecule has 1 aliphatic heterocycles. The van der Waals surface area contributed by atoms with Crippen LogP contribution < -0.4 is 0 Å². The molecular formula is C20H34O4. The SMILES string of the molecule is CCOC(=O)CC[C@@H](C)[C@H]1CC[C@@]2(C)C3(CCC[C@]12C)OCCO3. The van der Waals surface area contributed by atoms with Crippen LogP contribution in [0.5, 0.6) is 0 Å². The van der Waals surface area contributed by atoms with Gasteiger partial charge in [-0.25, -0.2) is 0 Å². The molecule has 0 amide bonds. The van der Waals surface area contributed by atoms with Gasteiger partial charge in [0.1, 0.15) is 0 Å². The Labute approximate surface area is 146 Å². The van der Waals surface area contributed by atoms with E-state index in [-0.39, 0.29) is 22.6 Å². The molecule has 4 heteroatoms. The predicted molar refractivity (Wildman–Crippen MR) is 92.5 cm³/mol. The quantitative estimate of drug-likeness (QED) is 0.701. The first-order valence-electron chi connectivity index (χ1n) is 9.82. The van der Waals surface area contributed by atoms with Crippen molar-refractivity contribution < 1.29 is 19.0 Å². The highest BCUT2D eigenvalue weighted by Crippen LogP contribution is 2.69. The second kappa shape index (κ2) is 6.60. The number of rotatable bonds is 5. The Kier molecular flexibility index (Phi) is 5.00. The van der Waals surface area contributed by atoms with Crippen LogP contribution in [-0.2, 0) is 19.0 Å². The lowest BCUT2D eigenvalue weighted by molar-refractivity contribution is -0.285. The summed E-state index contributed by atoms with van der Waals surface area (Å²) in [5.74, 6) is 0.729. The Bertz CT molecular complexity index is 470. The van der Waals surface area contributed by atoms with E-state index in [1.54, 1.807) is 0 Å². The van der Waals surface area contributed by atoms with Crippen LogP contribution in [0.3, 0.4) is 0 Å². The number of carbonyl (C=O) groups is 1. The summed E-state index contributed by atoms with van der Waals surface area (Å²) >= 11 is 0. The van der Waals surface area contributed by atoms with Crippen molar-refractivity contribution >= 4 is 5.97 Å². The lowest BCUT2D eigenvalue weighted by Crippen LogP contribution is -2.58. The molecule has 2 saturated carbocycles. The molecule has 1 heterocycles. The van der Waals surface area contributed by atoms with E-state index in [1.165, 1.54) is 19.3 Å². The fourth-order valence-electron chi connectivity index (χ4n) is 6.12. The Morgan fingerprint density at radius 3 is 2.58 bits per heavy atom. The minimum atomic E-state index is -0.365. The lowest BCUT2D eigenvalue weighted by Gasteiger charge is -2.57. The lowest BCUT2D eigenvalue weighted by atomic mass is 9.52. The molecule has 0 bridgehead atoms. The van der Waals surface area contributed by atoms with Gasteiger partial charge in [-0.2, -0.15) is 0 Å². The van der Waals surface area contributed by atoms with Crippen LogP contribution in [0.2, 0.25) is 0 Å². The molecule has 0 radical (unpaired) electrons. The molecule has 3 rings (SSSR count). The molecule has 3 fully saturated rings. The largest absolute Gasteiger partial charge is 0.466 e. The summed E-state index contributed by atoms with van der Waals surface area (Å²) in [6.45, 7) is 11.0. The van der Waals surface area contributed by atoms with E-state index < -0.39 is 0 Å². The van der Waals surface area contributed by atoms with E-state index in [2.05, 4.69) is 20.8 Å². The summed E-state index contributed by atoms with van der Waals surface area (Å²) in [5.41, 5.74) is 0.307. The van der Waals surface area contributed by atoms with Crippen molar-refractivity contribution in [2.75, 3.05) is 19.8 Å². The van der Waals surface area contributed by atoms with Crippen LogP contribution in [0.4, 0.5) is 0 Å². The number of carbonyl (C=O) groups excluding carboxylic acids is 1. The summed E-state index contributed by atoms with van der Waals surface area (Å²) in [6.07, 6.45) is 7.28. The van der Waals surface area contributed by atoms with Crippen LogP contribution in [-0.4, -0.2) is 31.6 Å². The first kappa shape index (κ1) is 18.2. The van der Waals surface area contributed by atoms with Crippen molar-refractivity contribution in [3.63, 3.8) is 0 Å². The molecule has 24 heavy (non-hydrogen) atoms. The molecule has 0 unspecified atom stereocenters. The third-order valence-electron chi connectivity index (χ3n) is 7.63. The Morgan fingerprint density at radius 1 is 1.21 bits per heavy atom. The van der Waals surface area contributed by atoms with E-state index in [0.29, 0.717) is 24.9 Å². The number of fused-ring (bicyclic) bond motifs is 2. The average molecular weight is 338 g/mol. The van der Waals surface area contributed by atoms with Gasteiger partial charge < -0.3 is 14.2 Å². The van der Waals surface area contributed by atoms with Crippen LogP contribution in [0, 0.1) is 22.7 Å². The number of hydrogen-bond donors (Lipinski definition) is 0. The summed E-state index contributed by atoms with van der Waals surface area (Å²) in [6, 6.07) is 0. The molecular weight excluding hydrogens is 304 g/mol. The molecule has 138 valence electrons. The van der Waals surface area contributed by atoms with Gasteiger partial charge in [0.05, 0.1) is 19.8 Å². The number of ether oxygens (including phenoxy) is 3. The minimum absolute atomic E-state index is 0.0576. The van der Waals surface area contributed by atoms with Crippen molar-refractivity contribution in [3.8, 4) is 0 Å². The van der Waals surface area contributed by atoms with Crippen molar-refractivity contribution in [1.29, 1.82) is 0 Å². The smallest absolute Gasteiger partial charge is 0.305 e. The highest BCUT2D eigenvalue weighted by Gasteiger charge is 2.68. The Morgan fingerprint density at radius 2 is 1.92 bits per heavy atom. The molecule has 0 aromatic heterocycles. The van der Waals surface area contributed by atoms with Gasteiger partial charge in [0.25, 0.3) is 0 Å². The molecule has 1 spiro atoms. The molecule has 0 aromatic carbocycles. The normalized spacial score (nSPS) is 38.9. The van der Waals surface area contributed by atoms with Gasteiger partial charge in [-0.3, -0.25) is 4.79 Å². The second-order valence-corrected chi connectivity index (χ2v) is 8.52. The zero-order valence-corrected chi connectivity index (χ0v) is 15.9. The topological polar surface area (TPSA) is 44.8 Å². The number of hydrogen-bond acceptors (Lipinski definition) is 4. The average Bonchev–Trinajstić information content (AvgIpc) is 3.11. The van der Waals surface area contributed by atoms with E-state index in [9.17, 15) is 4.79 Å². The van der Waals surface area contributed by atoms with Crippen LogP contribution in [0.15, 0.2) is 0 Å². The molecule has 4 nitrogen and oxygen atoms in total. The fraction of sp³-hybridized carbons (Fsp3) is 0.950. The van der Waals surface area contributed by atoms with Crippen LogP contribution in [0.25, 0.3) is 0 Å². The zero-order chi connectivity index (χ0) is 17.4. The second-order valence-electron chi connectivity index (χ2n) is 8.52. The van der Waals surface area contributed by atoms with Crippen LogP contribution in [0.1, 0.15) is 72.6 Å². The van der Waals surface area contributed by atoms with E-state index in [4.69, 9.17) is 14.2 Å². The monoisotopic (exact) mass is 338 g/mol. The van der Waals surface area contributed by atoms with Gasteiger partial charge in [0, 0.05) is 18.3 Å². The third kappa shape index (κ3) is 2.61. The van der Waals surface area contributed by atoms with Crippen molar-refractivity contribution in [3.05, 3.63) is 0 Å². The fourth-order valence-corrected chi connectivity index (χ4v) is 6.12. The van der Waals surface area contributed by atoms with E-state index >= 15 is 0 Å². The molecule has 1 saturated heterocycles. The predicted octanol–water partition coefficient (Wildman–Crippen LogP) is 4.32. The van der Waals surface area contributed by atoms with Gasteiger partial charge in [0.15, 0.2) is 5.79 Å². The molecule has 3 aliphatic rings. The maximum absolute atomic E-state index is 11.7. The van der Waals surface area contributed by atoms with Crippen molar-refractivity contribution in [2.24, 2.45) is 22.7 Å². The van der Waals surface area contributed by atoms with Gasteiger partial charge in [-0.05, 0) is 56.3 Å². The maximum Gasteiger partial charge on any atom is 0.305 e. The Hall–Kier alpha value is -0.610. The van der Waals surface area contributed by atoms with Crippen molar-refractivity contribution in [1.82, 2.24) is 0 Å². The first-order valence-corrected chi connectivity index (χ1v) is 9.82. The minimum Gasteiger partial charge on any atom is -0.466 e. The standard InChI is InChI=1S/C20H34O4/c1-5-22-17(21)8-7-15(2)16-9-12-19(4)18(16,3)10-6-11-20(19)23-13-14-24-20/h15-16H,5-14H2,1-4H3/t15-,16-,18-,19-/m1/s1. The third-order valence-corrected chi connectivity index (χ3v) is 7.63. The Balaban J connectivity index is 1.74. The van der Waals surface area contributed by atoms with Gasteiger partial charge >= 0.3 is 5.97 Å². The van der Waals surface area contributed by atoms with Gasteiger partial charge in [0.2, 0.25) is 0 Å². The molecule has 2 aliphatic carbocycles. The summed E-state index contributed by atoms with van der Waals surface area (Å²) in [4.78, 5) is 11.7. The van der Waals surface area contributed by atoms with Crippen LogP contribution >= 0.6 is 0 Å². The van der Waals surface area contributed by atoms with E-state index in [0.717, 1.165) is 32.5 Å². The van der Waals surface area contributed by atoms with Gasteiger partial charge in [-0.1, -0.05) is 20.8 Å². The zero-order valence-electron chi connectivity index (χ0n) is 15.9.